The first-order chi connectivity index (χ1) is 16.7. The molecule has 0 radical (unpaired) electrons. The lowest BCUT2D eigenvalue weighted by molar-refractivity contribution is -0.118. The van der Waals surface area contributed by atoms with Crippen LogP contribution >= 0.6 is 11.8 Å². The molecule has 0 saturated carbocycles. The number of anilines is 1. The SMILES string of the molecule is COc1cc(NC(=O)C(CC2CCOCC2)NC(=O)OC(C)(C)C)ccc1SCc1ccccc1. The molecule has 1 heterocycles. The number of carbonyl (C=O) groups excluding carboxylic acids is 2. The molecule has 1 aliphatic rings. The third-order valence-electron chi connectivity index (χ3n) is 5.59. The van der Waals surface area contributed by atoms with Gasteiger partial charge in [-0.05, 0) is 63.6 Å². The fraction of sp³-hybridized carbons (Fsp3) is 0.481. The number of nitrogens with one attached hydrogen (secondary N) is 2. The largest absolute Gasteiger partial charge is 0.496 e. The van der Waals surface area contributed by atoms with Crippen molar-refractivity contribution in [2.24, 2.45) is 5.92 Å². The lowest BCUT2D eigenvalue weighted by Gasteiger charge is -2.28. The second kappa shape index (κ2) is 12.8. The second-order valence-corrected chi connectivity index (χ2v) is 10.6. The van der Waals surface area contributed by atoms with Crippen molar-refractivity contribution in [3.63, 3.8) is 0 Å². The van der Waals surface area contributed by atoms with E-state index >= 15 is 0 Å². The molecular weight excluding hydrogens is 464 g/mol. The van der Waals surface area contributed by atoms with Gasteiger partial charge in [-0.15, -0.1) is 11.8 Å². The topological polar surface area (TPSA) is 85.9 Å². The normalized spacial score (nSPS) is 15.2. The van der Waals surface area contributed by atoms with Crippen molar-refractivity contribution in [1.82, 2.24) is 5.32 Å². The van der Waals surface area contributed by atoms with Crippen LogP contribution in [0.3, 0.4) is 0 Å². The second-order valence-electron chi connectivity index (χ2n) is 9.62. The van der Waals surface area contributed by atoms with Gasteiger partial charge in [0.15, 0.2) is 0 Å². The van der Waals surface area contributed by atoms with Gasteiger partial charge in [0.1, 0.15) is 17.4 Å². The number of methoxy groups -OCH3 is 1. The molecule has 7 nitrogen and oxygen atoms in total. The Morgan fingerprint density at radius 1 is 1.11 bits per heavy atom. The van der Waals surface area contributed by atoms with Crippen LogP contribution in [0.4, 0.5) is 10.5 Å². The van der Waals surface area contributed by atoms with Crippen LogP contribution < -0.4 is 15.4 Å². The predicted octanol–water partition coefficient (Wildman–Crippen LogP) is 5.64. The van der Waals surface area contributed by atoms with Crippen molar-refractivity contribution in [3.05, 3.63) is 54.1 Å². The maximum Gasteiger partial charge on any atom is 0.408 e. The van der Waals surface area contributed by atoms with Crippen LogP contribution in [0.25, 0.3) is 0 Å². The van der Waals surface area contributed by atoms with E-state index in [4.69, 9.17) is 14.2 Å². The minimum absolute atomic E-state index is 0.283. The number of alkyl carbamates (subject to hydrolysis) is 1. The summed E-state index contributed by atoms with van der Waals surface area (Å²) in [6.07, 6.45) is 1.65. The Kier molecular flexibility index (Phi) is 9.86. The van der Waals surface area contributed by atoms with Crippen molar-refractivity contribution < 1.29 is 23.8 Å². The molecule has 1 fully saturated rings. The molecule has 1 atom stereocenters. The number of hydrogen-bond donors (Lipinski definition) is 2. The van der Waals surface area contributed by atoms with Gasteiger partial charge >= 0.3 is 6.09 Å². The minimum atomic E-state index is -0.717. The van der Waals surface area contributed by atoms with E-state index in [0.717, 1.165) is 23.5 Å². The number of carbonyl (C=O) groups is 2. The highest BCUT2D eigenvalue weighted by molar-refractivity contribution is 7.98. The number of rotatable bonds is 9. The summed E-state index contributed by atoms with van der Waals surface area (Å²) in [7, 11) is 1.62. The highest BCUT2D eigenvalue weighted by atomic mass is 32.2. The zero-order valence-electron chi connectivity index (χ0n) is 21.0. The van der Waals surface area contributed by atoms with Crippen LogP contribution in [0.2, 0.25) is 0 Å². The maximum atomic E-state index is 13.2. The molecule has 2 N–H and O–H groups in total. The first kappa shape index (κ1) is 26.9. The average molecular weight is 501 g/mol. The van der Waals surface area contributed by atoms with Crippen molar-refractivity contribution in [2.45, 2.75) is 62.3 Å². The van der Waals surface area contributed by atoms with Crippen LogP contribution in [0.15, 0.2) is 53.4 Å². The standard InChI is InChI=1S/C27H36N2O5S/c1-27(2,3)34-26(31)29-22(16-19-12-14-33-15-13-19)25(30)28-21-10-11-24(23(17-21)32-4)35-18-20-8-6-5-7-9-20/h5-11,17,19,22H,12-16,18H2,1-4H3,(H,28,30)(H,29,31). The molecular formula is C27H36N2O5S. The molecule has 2 aromatic carbocycles. The summed E-state index contributed by atoms with van der Waals surface area (Å²) in [5.41, 5.74) is 1.18. The Balaban J connectivity index is 1.67. The Hall–Kier alpha value is -2.71. The summed E-state index contributed by atoms with van der Waals surface area (Å²) < 4.78 is 16.4. The van der Waals surface area contributed by atoms with Crippen molar-refractivity contribution in [3.8, 4) is 5.75 Å². The summed E-state index contributed by atoms with van der Waals surface area (Å²) in [4.78, 5) is 26.7. The lowest BCUT2D eigenvalue weighted by Crippen LogP contribution is -2.47. The summed E-state index contributed by atoms with van der Waals surface area (Å²) >= 11 is 1.67. The van der Waals surface area contributed by atoms with E-state index in [1.165, 1.54) is 5.56 Å². The van der Waals surface area contributed by atoms with Crippen molar-refractivity contribution in [2.75, 3.05) is 25.6 Å². The number of thioether (sulfide) groups is 1. The first-order valence-electron chi connectivity index (χ1n) is 12.0. The van der Waals surface area contributed by atoms with Crippen LogP contribution in [0.5, 0.6) is 5.75 Å². The van der Waals surface area contributed by atoms with Gasteiger partial charge in [-0.25, -0.2) is 4.79 Å². The van der Waals surface area contributed by atoms with Gasteiger partial charge in [-0.2, -0.15) is 0 Å². The Bertz CT molecular complexity index is 971. The average Bonchev–Trinajstić information content (AvgIpc) is 2.83. The zero-order valence-corrected chi connectivity index (χ0v) is 21.8. The maximum absolute atomic E-state index is 13.2. The highest BCUT2D eigenvalue weighted by Crippen LogP contribution is 2.34. The van der Waals surface area contributed by atoms with E-state index in [1.807, 2.05) is 36.4 Å². The smallest absolute Gasteiger partial charge is 0.408 e. The van der Waals surface area contributed by atoms with Crippen LogP contribution in [-0.2, 0) is 20.0 Å². The van der Waals surface area contributed by atoms with Gasteiger partial charge in [-0.3, -0.25) is 4.79 Å². The summed E-state index contributed by atoms with van der Waals surface area (Å²) in [5, 5.41) is 5.72. The third-order valence-corrected chi connectivity index (χ3v) is 6.71. The Morgan fingerprint density at radius 2 is 1.83 bits per heavy atom. The van der Waals surface area contributed by atoms with Gasteiger partial charge in [0, 0.05) is 35.6 Å². The van der Waals surface area contributed by atoms with Crippen LogP contribution in [0.1, 0.15) is 45.6 Å². The van der Waals surface area contributed by atoms with E-state index in [2.05, 4.69) is 22.8 Å². The lowest BCUT2D eigenvalue weighted by atomic mass is 9.92. The molecule has 1 aliphatic heterocycles. The van der Waals surface area contributed by atoms with Gasteiger partial charge < -0.3 is 24.8 Å². The molecule has 0 aromatic heterocycles. The van der Waals surface area contributed by atoms with E-state index < -0.39 is 17.7 Å². The van der Waals surface area contributed by atoms with Crippen LogP contribution in [0, 0.1) is 5.92 Å². The molecule has 2 amide bonds. The van der Waals surface area contributed by atoms with Crippen molar-refractivity contribution >= 4 is 29.4 Å². The molecule has 0 bridgehead atoms. The Morgan fingerprint density at radius 3 is 2.49 bits per heavy atom. The van der Waals surface area contributed by atoms with Gasteiger partial charge in [0.25, 0.3) is 0 Å². The van der Waals surface area contributed by atoms with Gasteiger partial charge in [0.05, 0.1) is 7.11 Å². The minimum Gasteiger partial charge on any atom is -0.496 e. The van der Waals surface area contributed by atoms with E-state index in [-0.39, 0.29) is 5.91 Å². The van der Waals surface area contributed by atoms with E-state index in [9.17, 15) is 9.59 Å². The molecule has 8 heteroatoms. The number of amides is 2. The number of ether oxygens (including phenoxy) is 3. The van der Waals surface area contributed by atoms with Gasteiger partial charge in [0.2, 0.25) is 5.91 Å². The zero-order chi connectivity index (χ0) is 25.3. The molecule has 0 spiro atoms. The van der Waals surface area contributed by atoms with Crippen molar-refractivity contribution in [1.29, 1.82) is 0 Å². The summed E-state index contributed by atoms with van der Waals surface area (Å²) in [5.74, 6) is 1.51. The Labute approximate surface area is 212 Å². The monoisotopic (exact) mass is 500 g/mol. The molecule has 35 heavy (non-hydrogen) atoms. The molecule has 1 unspecified atom stereocenters. The molecule has 3 rings (SSSR count). The fourth-order valence-electron chi connectivity index (χ4n) is 3.83. The quantitative estimate of drug-likeness (QED) is 0.434. The van der Waals surface area contributed by atoms with E-state index in [1.54, 1.807) is 39.6 Å². The van der Waals surface area contributed by atoms with Crippen LogP contribution in [-0.4, -0.2) is 44.0 Å². The summed E-state index contributed by atoms with van der Waals surface area (Å²) in [6.45, 7) is 6.73. The molecule has 1 saturated heterocycles. The summed E-state index contributed by atoms with van der Waals surface area (Å²) in [6, 6.07) is 15.1. The molecule has 2 aromatic rings. The first-order valence-corrected chi connectivity index (χ1v) is 12.9. The van der Waals surface area contributed by atoms with Gasteiger partial charge in [-0.1, -0.05) is 30.3 Å². The highest BCUT2D eigenvalue weighted by Gasteiger charge is 2.28. The fourth-order valence-corrected chi connectivity index (χ4v) is 4.79. The van der Waals surface area contributed by atoms with E-state index in [0.29, 0.717) is 37.0 Å². The number of hydrogen-bond acceptors (Lipinski definition) is 6. The third kappa shape index (κ3) is 9.11. The molecule has 0 aliphatic carbocycles. The number of benzene rings is 2. The molecule has 190 valence electrons. The predicted molar refractivity (Wildman–Crippen MR) is 139 cm³/mol.